The van der Waals surface area contributed by atoms with Crippen LogP contribution in [0.5, 0.6) is 0 Å². The standard InChI is InChI=1S/C8H18FN/c1-6(10)8(5,9)7(2,3)4/h6H,10H2,1-5H3. The molecule has 0 amide bonds. The van der Waals surface area contributed by atoms with Gasteiger partial charge in [0.15, 0.2) is 0 Å². The van der Waals surface area contributed by atoms with Crippen molar-refractivity contribution in [3.8, 4) is 0 Å². The predicted molar refractivity (Wildman–Crippen MR) is 42.6 cm³/mol. The third-order valence-electron chi connectivity index (χ3n) is 2.32. The van der Waals surface area contributed by atoms with E-state index < -0.39 is 11.7 Å². The zero-order chi connectivity index (χ0) is 8.58. The van der Waals surface area contributed by atoms with Crippen molar-refractivity contribution in [2.75, 3.05) is 0 Å². The van der Waals surface area contributed by atoms with Gasteiger partial charge in [0.05, 0.1) is 0 Å². The Labute approximate surface area is 62.8 Å². The minimum Gasteiger partial charge on any atom is -0.325 e. The molecule has 0 rings (SSSR count). The molecule has 0 heterocycles. The van der Waals surface area contributed by atoms with Gasteiger partial charge in [-0.05, 0) is 19.3 Å². The van der Waals surface area contributed by atoms with Crippen molar-refractivity contribution >= 4 is 0 Å². The average molecular weight is 147 g/mol. The zero-order valence-electron chi connectivity index (χ0n) is 7.53. The molecule has 0 bridgehead atoms. The Kier molecular flexibility index (Phi) is 2.47. The van der Waals surface area contributed by atoms with Gasteiger partial charge in [0, 0.05) is 6.04 Å². The summed E-state index contributed by atoms with van der Waals surface area (Å²) in [5.74, 6) is 0. The number of rotatable bonds is 1. The third kappa shape index (κ3) is 1.69. The highest BCUT2D eigenvalue weighted by Crippen LogP contribution is 2.35. The second-order valence-electron chi connectivity index (χ2n) is 4.11. The lowest BCUT2D eigenvalue weighted by Crippen LogP contribution is -2.49. The van der Waals surface area contributed by atoms with Crippen LogP contribution in [0.2, 0.25) is 0 Å². The molecule has 2 N–H and O–H groups in total. The molecule has 0 aromatic carbocycles. The van der Waals surface area contributed by atoms with Gasteiger partial charge in [-0.2, -0.15) is 0 Å². The fourth-order valence-corrected chi connectivity index (χ4v) is 0.683. The van der Waals surface area contributed by atoms with Crippen LogP contribution < -0.4 is 5.73 Å². The van der Waals surface area contributed by atoms with E-state index in [1.807, 2.05) is 20.8 Å². The van der Waals surface area contributed by atoms with Crippen LogP contribution in [0.15, 0.2) is 0 Å². The van der Waals surface area contributed by atoms with Crippen molar-refractivity contribution in [1.29, 1.82) is 0 Å². The molecular weight excluding hydrogens is 129 g/mol. The number of halogens is 1. The van der Waals surface area contributed by atoms with Gasteiger partial charge in [-0.15, -0.1) is 0 Å². The van der Waals surface area contributed by atoms with Gasteiger partial charge < -0.3 is 5.73 Å². The van der Waals surface area contributed by atoms with Gasteiger partial charge in [0.25, 0.3) is 0 Å². The molecular formula is C8H18FN. The summed E-state index contributed by atoms with van der Waals surface area (Å²) in [5, 5.41) is 0. The minimum absolute atomic E-state index is 0.374. The van der Waals surface area contributed by atoms with E-state index in [1.165, 1.54) is 0 Å². The number of nitrogens with two attached hydrogens (primary N) is 1. The maximum atomic E-state index is 13.6. The molecule has 0 aliphatic carbocycles. The van der Waals surface area contributed by atoms with Gasteiger partial charge in [-0.1, -0.05) is 20.8 Å². The molecule has 0 aromatic heterocycles. The normalized spacial score (nSPS) is 21.9. The molecule has 0 radical (unpaired) electrons. The molecule has 0 aliphatic heterocycles. The van der Waals surface area contributed by atoms with Crippen molar-refractivity contribution in [2.24, 2.45) is 11.1 Å². The van der Waals surface area contributed by atoms with Crippen LogP contribution >= 0.6 is 0 Å². The summed E-state index contributed by atoms with van der Waals surface area (Å²) in [6.45, 7) is 8.83. The Balaban J connectivity index is 4.40. The number of alkyl halides is 1. The Bertz CT molecular complexity index is 111. The Morgan fingerprint density at radius 2 is 1.50 bits per heavy atom. The van der Waals surface area contributed by atoms with Crippen LogP contribution in [-0.4, -0.2) is 11.7 Å². The molecule has 10 heavy (non-hydrogen) atoms. The van der Waals surface area contributed by atoms with E-state index in [0.717, 1.165) is 0 Å². The van der Waals surface area contributed by atoms with Crippen LogP contribution in [0, 0.1) is 5.41 Å². The van der Waals surface area contributed by atoms with Crippen LogP contribution in [0.1, 0.15) is 34.6 Å². The van der Waals surface area contributed by atoms with Crippen molar-refractivity contribution in [3.63, 3.8) is 0 Å². The highest BCUT2D eigenvalue weighted by molar-refractivity contribution is 4.93. The summed E-state index contributed by atoms with van der Waals surface area (Å²) >= 11 is 0. The van der Waals surface area contributed by atoms with E-state index in [9.17, 15) is 4.39 Å². The average Bonchev–Trinajstić information content (AvgIpc) is 1.62. The molecule has 2 heteroatoms. The van der Waals surface area contributed by atoms with Gasteiger partial charge in [0.2, 0.25) is 0 Å². The molecule has 1 nitrogen and oxygen atoms in total. The largest absolute Gasteiger partial charge is 0.325 e. The van der Waals surface area contributed by atoms with E-state index in [-0.39, 0.29) is 5.41 Å². The molecule has 0 aromatic rings. The van der Waals surface area contributed by atoms with Gasteiger partial charge in [-0.25, -0.2) is 4.39 Å². The maximum Gasteiger partial charge on any atom is 0.127 e. The summed E-state index contributed by atoms with van der Waals surface area (Å²) in [6, 6.07) is -0.410. The lowest BCUT2D eigenvalue weighted by molar-refractivity contribution is 0.0276. The topological polar surface area (TPSA) is 26.0 Å². The Morgan fingerprint density at radius 1 is 1.20 bits per heavy atom. The number of hydrogen-bond donors (Lipinski definition) is 1. The predicted octanol–water partition coefficient (Wildman–Crippen LogP) is 2.11. The summed E-state index contributed by atoms with van der Waals surface area (Å²) in [6.07, 6.45) is 0. The van der Waals surface area contributed by atoms with E-state index in [4.69, 9.17) is 5.73 Å². The molecule has 0 aliphatic rings. The highest BCUT2D eigenvalue weighted by atomic mass is 19.1. The van der Waals surface area contributed by atoms with Crippen LogP contribution in [0.25, 0.3) is 0 Å². The van der Waals surface area contributed by atoms with E-state index in [1.54, 1.807) is 13.8 Å². The fourth-order valence-electron chi connectivity index (χ4n) is 0.683. The quantitative estimate of drug-likeness (QED) is 0.604. The summed E-state index contributed by atoms with van der Waals surface area (Å²) in [4.78, 5) is 0. The first kappa shape index (κ1) is 9.89. The third-order valence-corrected chi connectivity index (χ3v) is 2.32. The second kappa shape index (κ2) is 2.50. The Hall–Kier alpha value is -0.110. The summed E-state index contributed by atoms with van der Waals surface area (Å²) in [5.41, 5.74) is 3.82. The van der Waals surface area contributed by atoms with Crippen molar-refractivity contribution in [3.05, 3.63) is 0 Å². The lowest BCUT2D eigenvalue weighted by Gasteiger charge is -2.37. The van der Waals surface area contributed by atoms with Crippen molar-refractivity contribution < 1.29 is 4.39 Å². The van der Waals surface area contributed by atoms with E-state index in [2.05, 4.69) is 0 Å². The first-order valence-electron chi connectivity index (χ1n) is 3.64. The summed E-state index contributed by atoms with van der Waals surface area (Å²) < 4.78 is 13.6. The molecule has 0 saturated heterocycles. The molecule has 62 valence electrons. The molecule has 2 atom stereocenters. The van der Waals surface area contributed by atoms with Crippen LogP contribution in [-0.2, 0) is 0 Å². The summed E-state index contributed by atoms with van der Waals surface area (Å²) in [7, 11) is 0. The molecule has 0 spiro atoms. The molecule has 2 unspecified atom stereocenters. The van der Waals surface area contributed by atoms with E-state index in [0.29, 0.717) is 0 Å². The number of hydrogen-bond acceptors (Lipinski definition) is 1. The van der Waals surface area contributed by atoms with Crippen LogP contribution in [0.4, 0.5) is 4.39 Å². The smallest absolute Gasteiger partial charge is 0.127 e. The second-order valence-corrected chi connectivity index (χ2v) is 4.11. The SMILES string of the molecule is CC(N)C(C)(F)C(C)(C)C. The van der Waals surface area contributed by atoms with E-state index >= 15 is 0 Å². The zero-order valence-corrected chi connectivity index (χ0v) is 7.53. The van der Waals surface area contributed by atoms with Crippen molar-refractivity contribution in [2.45, 2.75) is 46.3 Å². The maximum absolute atomic E-state index is 13.6. The Morgan fingerprint density at radius 3 is 1.50 bits per heavy atom. The highest BCUT2D eigenvalue weighted by Gasteiger charge is 2.40. The first-order chi connectivity index (χ1) is 4.19. The lowest BCUT2D eigenvalue weighted by atomic mass is 9.75. The first-order valence-corrected chi connectivity index (χ1v) is 3.64. The van der Waals surface area contributed by atoms with Gasteiger partial charge in [0.1, 0.15) is 5.67 Å². The van der Waals surface area contributed by atoms with Gasteiger partial charge >= 0.3 is 0 Å². The van der Waals surface area contributed by atoms with Crippen LogP contribution in [0.3, 0.4) is 0 Å². The van der Waals surface area contributed by atoms with Gasteiger partial charge in [-0.3, -0.25) is 0 Å². The fraction of sp³-hybridized carbons (Fsp3) is 1.00. The molecule has 0 saturated carbocycles. The monoisotopic (exact) mass is 147 g/mol. The minimum atomic E-state index is -1.28. The molecule has 0 fully saturated rings. The van der Waals surface area contributed by atoms with Crippen molar-refractivity contribution in [1.82, 2.24) is 0 Å².